The van der Waals surface area contributed by atoms with Gasteiger partial charge >= 0.3 is 0 Å². The first-order valence-corrected chi connectivity index (χ1v) is 9.24. The van der Waals surface area contributed by atoms with Crippen LogP contribution in [0.4, 0.5) is 11.5 Å². The summed E-state index contributed by atoms with van der Waals surface area (Å²) in [6.07, 6.45) is 6.42. The molecule has 2 aliphatic heterocycles. The molecule has 2 aliphatic rings. The van der Waals surface area contributed by atoms with Crippen molar-refractivity contribution >= 4 is 23.1 Å². The number of carbonyl (C=O) groups excluding carboxylic acids is 1. The molecule has 0 aliphatic carbocycles. The average Bonchev–Trinajstić information content (AvgIpc) is 3.34. The van der Waals surface area contributed by atoms with E-state index in [0.717, 1.165) is 56.0 Å². The van der Waals surface area contributed by atoms with Gasteiger partial charge in [-0.2, -0.15) is 5.10 Å². The van der Waals surface area contributed by atoms with Gasteiger partial charge < -0.3 is 9.80 Å². The summed E-state index contributed by atoms with van der Waals surface area (Å²) in [6.45, 7) is 2.55. The predicted octanol–water partition coefficient (Wildman–Crippen LogP) is 2.54. The van der Waals surface area contributed by atoms with Gasteiger partial charge in [0.15, 0.2) is 5.65 Å². The Morgan fingerprint density at radius 2 is 1.88 bits per heavy atom. The monoisotopic (exact) mass is 347 g/mol. The zero-order chi connectivity index (χ0) is 17.5. The van der Waals surface area contributed by atoms with Crippen molar-refractivity contribution in [1.29, 1.82) is 0 Å². The van der Waals surface area contributed by atoms with Gasteiger partial charge in [0.1, 0.15) is 5.82 Å². The highest BCUT2D eigenvalue weighted by Gasteiger charge is 2.32. The van der Waals surface area contributed by atoms with E-state index in [4.69, 9.17) is 0 Å². The van der Waals surface area contributed by atoms with Gasteiger partial charge in [0, 0.05) is 43.5 Å². The fraction of sp³-hybridized carbons (Fsp3) is 0.350. The molecule has 1 aromatic carbocycles. The maximum Gasteiger partial charge on any atom is 0.230 e. The van der Waals surface area contributed by atoms with Gasteiger partial charge in [-0.15, -0.1) is 0 Å². The molecule has 5 rings (SSSR count). The molecule has 3 aromatic rings. The van der Waals surface area contributed by atoms with Gasteiger partial charge in [-0.3, -0.25) is 4.79 Å². The van der Waals surface area contributed by atoms with Crippen LogP contribution in [0.3, 0.4) is 0 Å². The highest BCUT2D eigenvalue weighted by molar-refractivity contribution is 5.97. The zero-order valence-corrected chi connectivity index (χ0v) is 14.6. The Morgan fingerprint density at radius 1 is 1.04 bits per heavy atom. The Hall–Kier alpha value is -2.89. The minimum absolute atomic E-state index is 0.108. The molecule has 0 spiro atoms. The maximum atomic E-state index is 13.0. The minimum atomic E-state index is 0.108. The lowest BCUT2D eigenvalue weighted by molar-refractivity contribution is -0.122. The highest BCUT2D eigenvalue weighted by atomic mass is 16.2. The number of aromatic nitrogens is 3. The van der Waals surface area contributed by atoms with Crippen LogP contribution in [0.25, 0.3) is 5.65 Å². The summed E-state index contributed by atoms with van der Waals surface area (Å²) in [5.41, 5.74) is 3.25. The molecule has 6 heteroatoms. The van der Waals surface area contributed by atoms with Crippen LogP contribution in [0.15, 0.2) is 48.8 Å². The fourth-order valence-corrected chi connectivity index (χ4v) is 4.12. The summed E-state index contributed by atoms with van der Waals surface area (Å²) < 4.78 is 1.77. The second-order valence-electron chi connectivity index (χ2n) is 7.05. The molecule has 2 aromatic heterocycles. The van der Waals surface area contributed by atoms with E-state index in [0.29, 0.717) is 0 Å². The summed E-state index contributed by atoms with van der Waals surface area (Å²) in [4.78, 5) is 22.0. The van der Waals surface area contributed by atoms with E-state index in [1.165, 1.54) is 5.56 Å². The van der Waals surface area contributed by atoms with Crippen molar-refractivity contribution in [3.8, 4) is 0 Å². The second-order valence-corrected chi connectivity index (χ2v) is 7.05. The molecule has 132 valence electrons. The summed E-state index contributed by atoms with van der Waals surface area (Å²) in [5.74, 6) is 1.36. The van der Waals surface area contributed by atoms with E-state index in [9.17, 15) is 4.79 Å². The van der Waals surface area contributed by atoms with Gasteiger partial charge in [-0.1, -0.05) is 18.2 Å². The molecule has 26 heavy (non-hydrogen) atoms. The van der Waals surface area contributed by atoms with Crippen molar-refractivity contribution in [2.24, 2.45) is 5.92 Å². The molecule has 6 nitrogen and oxygen atoms in total. The van der Waals surface area contributed by atoms with Gasteiger partial charge in [-0.05, 0) is 37.0 Å². The van der Waals surface area contributed by atoms with Crippen LogP contribution in [-0.4, -0.2) is 40.1 Å². The summed E-state index contributed by atoms with van der Waals surface area (Å²) in [5, 5.41) is 4.19. The Bertz CT molecular complexity index is 957. The number of para-hydroxylation sites is 1. The molecule has 0 unspecified atom stereocenters. The first kappa shape index (κ1) is 15.4. The van der Waals surface area contributed by atoms with E-state index >= 15 is 0 Å². The van der Waals surface area contributed by atoms with Crippen molar-refractivity contribution in [1.82, 2.24) is 14.6 Å². The third kappa shape index (κ3) is 2.53. The van der Waals surface area contributed by atoms with Crippen molar-refractivity contribution in [2.75, 3.05) is 29.4 Å². The van der Waals surface area contributed by atoms with E-state index < -0.39 is 0 Å². The van der Waals surface area contributed by atoms with Gasteiger partial charge in [0.2, 0.25) is 5.91 Å². The lowest BCUT2D eigenvalue weighted by Crippen LogP contribution is -2.42. The molecule has 0 radical (unpaired) electrons. The van der Waals surface area contributed by atoms with Gasteiger partial charge in [0.05, 0.1) is 6.20 Å². The third-order valence-electron chi connectivity index (χ3n) is 5.56. The quantitative estimate of drug-likeness (QED) is 0.715. The van der Waals surface area contributed by atoms with Gasteiger partial charge in [0.25, 0.3) is 0 Å². The van der Waals surface area contributed by atoms with Crippen LogP contribution >= 0.6 is 0 Å². The van der Waals surface area contributed by atoms with E-state index in [-0.39, 0.29) is 11.8 Å². The normalized spacial score (nSPS) is 17.7. The number of piperidine rings is 1. The maximum absolute atomic E-state index is 13.0. The molecule has 4 heterocycles. The smallest absolute Gasteiger partial charge is 0.230 e. The largest absolute Gasteiger partial charge is 0.356 e. The van der Waals surface area contributed by atoms with Crippen molar-refractivity contribution in [3.63, 3.8) is 0 Å². The van der Waals surface area contributed by atoms with Crippen LogP contribution in [0.2, 0.25) is 0 Å². The first-order valence-electron chi connectivity index (χ1n) is 9.24. The summed E-state index contributed by atoms with van der Waals surface area (Å²) in [6, 6.07) is 12.2. The standard InChI is InChI=1S/C20H21N5O/c26-20(24-13-8-15-3-1-2-4-17(15)24)16-6-11-23(12-7-16)18-9-14-25-19(22-18)5-10-21-25/h1-5,9-10,14,16H,6-8,11-13H2. The Kier molecular flexibility index (Phi) is 3.62. The Labute approximate surface area is 152 Å². The lowest BCUT2D eigenvalue weighted by Gasteiger charge is -2.34. The Morgan fingerprint density at radius 3 is 2.77 bits per heavy atom. The molecular weight excluding hydrogens is 326 g/mol. The van der Waals surface area contributed by atoms with E-state index in [2.05, 4.69) is 33.2 Å². The summed E-state index contributed by atoms with van der Waals surface area (Å²) in [7, 11) is 0. The number of amides is 1. The van der Waals surface area contributed by atoms with Crippen LogP contribution in [0.5, 0.6) is 0 Å². The lowest BCUT2D eigenvalue weighted by atomic mass is 9.95. The van der Waals surface area contributed by atoms with Gasteiger partial charge in [-0.25, -0.2) is 9.50 Å². The van der Waals surface area contributed by atoms with Crippen molar-refractivity contribution in [3.05, 3.63) is 54.4 Å². The number of hydrogen-bond acceptors (Lipinski definition) is 4. The number of nitrogens with zero attached hydrogens (tertiary/aromatic N) is 5. The third-order valence-corrected chi connectivity index (χ3v) is 5.56. The molecule has 0 atom stereocenters. The fourth-order valence-electron chi connectivity index (χ4n) is 4.12. The first-order chi connectivity index (χ1) is 12.8. The topological polar surface area (TPSA) is 53.7 Å². The number of anilines is 2. The van der Waals surface area contributed by atoms with Crippen LogP contribution < -0.4 is 9.80 Å². The SMILES string of the molecule is O=C(C1CCN(c2ccn3nccc3n2)CC1)N1CCc2ccccc21. The van der Waals surface area contributed by atoms with E-state index in [1.54, 1.807) is 10.7 Å². The van der Waals surface area contributed by atoms with E-state index in [1.807, 2.05) is 29.3 Å². The van der Waals surface area contributed by atoms with Crippen molar-refractivity contribution in [2.45, 2.75) is 19.3 Å². The molecule has 0 N–H and O–H groups in total. The predicted molar refractivity (Wildman–Crippen MR) is 100 cm³/mol. The number of hydrogen-bond donors (Lipinski definition) is 0. The Balaban J connectivity index is 1.27. The van der Waals surface area contributed by atoms with Crippen LogP contribution in [0.1, 0.15) is 18.4 Å². The van der Waals surface area contributed by atoms with Crippen LogP contribution in [0, 0.1) is 5.92 Å². The molecule has 1 saturated heterocycles. The van der Waals surface area contributed by atoms with Crippen LogP contribution in [-0.2, 0) is 11.2 Å². The zero-order valence-electron chi connectivity index (χ0n) is 14.6. The van der Waals surface area contributed by atoms with Crippen molar-refractivity contribution < 1.29 is 4.79 Å². The number of benzene rings is 1. The molecule has 0 bridgehead atoms. The minimum Gasteiger partial charge on any atom is -0.356 e. The number of fused-ring (bicyclic) bond motifs is 2. The molecule has 1 fully saturated rings. The molecule has 1 amide bonds. The average molecular weight is 347 g/mol. The molecular formula is C20H21N5O. The highest BCUT2D eigenvalue weighted by Crippen LogP contribution is 2.31. The number of carbonyl (C=O) groups is 1. The molecule has 0 saturated carbocycles. The number of rotatable bonds is 2. The summed E-state index contributed by atoms with van der Waals surface area (Å²) >= 11 is 0. The second kappa shape index (κ2) is 6.12.